The number of carboxylic acids is 1. The Hall–Kier alpha value is -1.90. The Bertz CT molecular complexity index is 1100. The van der Waals surface area contributed by atoms with Gasteiger partial charge in [-0.05, 0) is 127 Å². The van der Waals surface area contributed by atoms with E-state index in [0.29, 0.717) is 28.2 Å². The molecule has 0 amide bonds. The van der Waals surface area contributed by atoms with Crippen LogP contribution in [-0.4, -0.2) is 17.4 Å². The molecule has 4 fully saturated rings. The molecule has 0 aromatic heterocycles. The second-order valence-electron chi connectivity index (χ2n) is 14.3. The maximum absolute atomic E-state index is 12.3. The van der Waals surface area contributed by atoms with Crippen LogP contribution in [0.4, 0.5) is 0 Å². The fourth-order valence-corrected chi connectivity index (χ4v) is 11.4. The zero-order valence-corrected chi connectivity index (χ0v) is 22.7. The summed E-state index contributed by atoms with van der Waals surface area (Å²) < 4.78 is 0. The molecule has 0 bridgehead atoms. The summed E-state index contributed by atoms with van der Waals surface area (Å²) in [5, 5.41) is 9.34. The van der Waals surface area contributed by atoms with Crippen molar-refractivity contribution in [1.82, 2.24) is 0 Å². The zero-order chi connectivity index (χ0) is 25.5. The van der Waals surface area contributed by atoms with Crippen LogP contribution in [0.25, 0.3) is 5.57 Å². The van der Waals surface area contributed by atoms with Gasteiger partial charge >= 0.3 is 5.97 Å². The first-order valence-electron chi connectivity index (χ1n) is 14.6. The van der Waals surface area contributed by atoms with E-state index in [9.17, 15) is 14.7 Å². The number of aromatic carboxylic acids is 1. The minimum Gasteiger partial charge on any atom is -0.478 e. The van der Waals surface area contributed by atoms with Crippen molar-refractivity contribution < 1.29 is 14.7 Å². The van der Waals surface area contributed by atoms with Crippen LogP contribution in [0.15, 0.2) is 30.3 Å². The van der Waals surface area contributed by atoms with Crippen molar-refractivity contribution in [3.63, 3.8) is 0 Å². The average Bonchev–Trinajstić information content (AvgIpc) is 3.29. The molecule has 0 aliphatic heterocycles. The van der Waals surface area contributed by atoms with E-state index in [1.807, 2.05) is 12.1 Å². The molecule has 6 rings (SSSR count). The Morgan fingerprint density at radius 2 is 1.61 bits per heavy atom. The van der Waals surface area contributed by atoms with E-state index < -0.39 is 5.97 Å². The van der Waals surface area contributed by atoms with Gasteiger partial charge in [0, 0.05) is 5.41 Å². The number of aldehydes is 1. The Labute approximate surface area is 217 Å². The minimum absolute atomic E-state index is 0.00607. The third kappa shape index (κ3) is 3.16. The number of hydrogen-bond acceptors (Lipinski definition) is 2. The van der Waals surface area contributed by atoms with Gasteiger partial charge in [-0.15, -0.1) is 0 Å². The zero-order valence-electron chi connectivity index (χ0n) is 22.7. The fraction of sp³-hybridized carbons (Fsp3) is 0.697. The molecule has 4 unspecified atom stereocenters. The third-order valence-electron chi connectivity index (χ3n) is 12.8. The van der Waals surface area contributed by atoms with Crippen LogP contribution in [0.1, 0.15) is 108 Å². The molecular weight excluding hydrogens is 444 g/mol. The maximum Gasteiger partial charge on any atom is 0.335 e. The van der Waals surface area contributed by atoms with E-state index in [0.717, 1.165) is 37.0 Å². The highest BCUT2D eigenvalue weighted by Crippen LogP contribution is 2.73. The highest BCUT2D eigenvalue weighted by atomic mass is 16.4. The molecular formula is C33H44O3. The van der Waals surface area contributed by atoms with Crippen molar-refractivity contribution in [1.29, 1.82) is 0 Å². The van der Waals surface area contributed by atoms with E-state index in [2.05, 4.69) is 33.8 Å². The maximum atomic E-state index is 12.3. The summed E-state index contributed by atoms with van der Waals surface area (Å²) in [7, 11) is 0. The van der Waals surface area contributed by atoms with Crippen LogP contribution in [0.3, 0.4) is 0 Å². The lowest BCUT2D eigenvalue weighted by Crippen LogP contribution is -2.61. The van der Waals surface area contributed by atoms with Crippen molar-refractivity contribution in [2.24, 2.45) is 51.2 Å². The van der Waals surface area contributed by atoms with Crippen molar-refractivity contribution in [3.8, 4) is 0 Å². The lowest BCUT2D eigenvalue weighted by atomic mass is 9.36. The summed E-state index contributed by atoms with van der Waals surface area (Å²) >= 11 is 0. The van der Waals surface area contributed by atoms with E-state index in [1.54, 1.807) is 12.1 Å². The van der Waals surface area contributed by atoms with E-state index in [4.69, 9.17) is 0 Å². The Morgan fingerprint density at radius 3 is 2.31 bits per heavy atom. The predicted octanol–water partition coefficient (Wildman–Crippen LogP) is 8.04. The molecule has 1 aromatic rings. The number of carbonyl (C=O) groups excluding carboxylic acids is 1. The number of rotatable bonds is 3. The van der Waals surface area contributed by atoms with Crippen LogP contribution in [0.2, 0.25) is 0 Å². The molecule has 3 heteroatoms. The van der Waals surface area contributed by atoms with Crippen LogP contribution >= 0.6 is 0 Å². The second-order valence-corrected chi connectivity index (χ2v) is 14.3. The SMILES string of the molecule is CC1(C)C(c2ccc(C(=O)O)cc2)=CC[C@@]2(C)C1CC[C@@]1(C)C3CC[C@@]4(C=O)CCCC4[C@H]3CCC12. The van der Waals surface area contributed by atoms with Crippen LogP contribution in [-0.2, 0) is 4.79 Å². The number of hydrogen-bond donors (Lipinski definition) is 1. The number of carboxylic acid groups (broad SMARTS) is 1. The molecule has 1 N–H and O–H groups in total. The number of benzene rings is 1. The van der Waals surface area contributed by atoms with Gasteiger partial charge in [-0.3, -0.25) is 0 Å². The van der Waals surface area contributed by atoms with Gasteiger partial charge < -0.3 is 9.90 Å². The molecule has 5 aliphatic rings. The molecule has 194 valence electrons. The molecule has 0 radical (unpaired) electrons. The van der Waals surface area contributed by atoms with Gasteiger partial charge in [-0.1, -0.05) is 52.3 Å². The summed E-state index contributed by atoms with van der Waals surface area (Å²) in [6, 6.07) is 7.54. The lowest BCUT2D eigenvalue weighted by Gasteiger charge is -2.68. The molecule has 3 nitrogen and oxygen atoms in total. The normalized spacial score (nSPS) is 44.9. The molecule has 0 spiro atoms. The molecule has 1 aromatic carbocycles. The topological polar surface area (TPSA) is 54.4 Å². The highest BCUT2D eigenvalue weighted by Gasteiger charge is 2.65. The van der Waals surface area contributed by atoms with Crippen molar-refractivity contribution in [3.05, 3.63) is 41.5 Å². The molecule has 4 saturated carbocycles. The fourth-order valence-electron chi connectivity index (χ4n) is 11.4. The van der Waals surface area contributed by atoms with Crippen LogP contribution in [0.5, 0.6) is 0 Å². The number of carbonyl (C=O) groups is 2. The Balaban J connectivity index is 1.32. The van der Waals surface area contributed by atoms with Gasteiger partial charge in [-0.2, -0.15) is 0 Å². The van der Waals surface area contributed by atoms with Crippen molar-refractivity contribution >= 4 is 17.8 Å². The largest absolute Gasteiger partial charge is 0.478 e. The Kier molecular flexibility index (Phi) is 5.46. The summed E-state index contributed by atoms with van der Waals surface area (Å²) in [5.41, 5.74) is 3.68. The number of allylic oxidation sites excluding steroid dienone is 2. The first-order chi connectivity index (χ1) is 17.1. The first kappa shape index (κ1) is 24.4. The van der Waals surface area contributed by atoms with E-state index in [1.165, 1.54) is 62.4 Å². The molecule has 0 heterocycles. The molecule has 36 heavy (non-hydrogen) atoms. The minimum atomic E-state index is -0.862. The van der Waals surface area contributed by atoms with Crippen molar-refractivity contribution in [2.75, 3.05) is 0 Å². The van der Waals surface area contributed by atoms with Gasteiger partial charge in [0.2, 0.25) is 0 Å². The third-order valence-corrected chi connectivity index (χ3v) is 12.8. The Morgan fingerprint density at radius 1 is 0.861 bits per heavy atom. The second kappa shape index (κ2) is 8.05. The van der Waals surface area contributed by atoms with Gasteiger partial charge in [0.05, 0.1) is 5.56 Å². The number of fused-ring (bicyclic) bond motifs is 7. The summed E-state index contributed by atoms with van der Waals surface area (Å²) in [6.45, 7) is 10.1. The van der Waals surface area contributed by atoms with Gasteiger partial charge in [-0.25, -0.2) is 4.79 Å². The van der Waals surface area contributed by atoms with E-state index in [-0.39, 0.29) is 10.8 Å². The molecule has 8 atom stereocenters. The van der Waals surface area contributed by atoms with Gasteiger partial charge in [0.25, 0.3) is 0 Å². The highest BCUT2D eigenvalue weighted by molar-refractivity contribution is 5.88. The van der Waals surface area contributed by atoms with Gasteiger partial charge in [0.1, 0.15) is 6.29 Å². The summed E-state index contributed by atoms with van der Waals surface area (Å²) in [6.07, 6.45) is 16.3. The standard InChI is InChI=1S/C33H44O3/c1-30(2)24(21-7-9-22(10-8-21)29(35)36)13-17-32(4)27(30)15-18-31(3)25-14-19-33(20-34)16-5-6-26(33)23(25)11-12-28(31)32/h7-10,13,20,23,25-28H,5-6,11-12,14-19H2,1-4H3,(H,35,36)/t23-,25?,26?,27?,28?,31-,32-,33+/m0/s1. The van der Waals surface area contributed by atoms with Gasteiger partial charge in [0.15, 0.2) is 0 Å². The van der Waals surface area contributed by atoms with Crippen molar-refractivity contribution in [2.45, 2.75) is 91.9 Å². The van der Waals surface area contributed by atoms with Crippen LogP contribution in [0, 0.1) is 51.2 Å². The van der Waals surface area contributed by atoms with Crippen LogP contribution < -0.4 is 0 Å². The average molecular weight is 489 g/mol. The lowest BCUT2D eigenvalue weighted by molar-refractivity contribution is -0.178. The summed E-state index contributed by atoms with van der Waals surface area (Å²) in [4.78, 5) is 23.6. The first-order valence-corrected chi connectivity index (χ1v) is 14.6. The summed E-state index contributed by atoms with van der Waals surface area (Å²) in [5.74, 6) is 2.68. The quantitative estimate of drug-likeness (QED) is 0.438. The van der Waals surface area contributed by atoms with E-state index >= 15 is 0 Å². The monoisotopic (exact) mass is 488 g/mol. The predicted molar refractivity (Wildman–Crippen MR) is 143 cm³/mol. The molecule has 5 aliphatic carbocycles. The smallest absolute Gasteiger partial charge is 0.335 e. The molecule has 0 saturated heterocycles.